The van der Waals surface area contributed by atoms with Gasteiger partial charge in [-0.15, -0.1) is 0 Å². The van der Waals surface area contributed by atoms with E-state index in [0.29, 0.717) is 11.5 Å². The molecule has 2 rings (SSSR count). The van der Waals surface area contributed by atoms with Crippen LogP contribution in [0.4, 0.5) is 0 Å². The monoisotopic (exact) mass is 331 g/mol. The maximum atomic E-state index is 12.3. The van der Waals surface area contributed by atoms with Crippen molar-refractivity contribution in [1.82, 2.24) is 0 Å². The fourth-order valence-corrected chi connectivity index (χ4v) is 2.98. The molecule has 1 fully saturated rings. The summed E-state index contributed by atoms with van der Waals surface area (Å²) in [5.74, 6) is -0.0852. The Labute approximate surface area is 143 Å². The fraction of sp³-hybridized carbons (Fsp3) is 0.526. The van der Waals surface area contributed by atoms with Crippen molar-refractivity contribution < 1.29 is 19.2 Å². The minimum atomic E-state index is -0.502. The summed E-state index contributed by atoms with van der Waals surface area (Å²) in [6.07, 6.45) is 6.36. The van der Waals surface area contributed by atoms with Gasteiger partial charge in [-0.1, -0.05) is 48.7 Å². The summed E-state index contributed by atoms with van der Waals surface area (Å²) in [4.78, 5) is 28.3. The number of carbonyl (C=O) groups excluding carboxylic acids is 2. The van der Waals surface area contributed by atoms with Crippen molar-refractivity contribution in [3.63, 3.8) is 0 Å². The molecular weight excluding hydrogens is 306 g/mol. The Hall–Kier alpha value is -2.17. The summed E-state index contributed by atoms with van der Waals surface area (Å²) in [6.45, 7) is 3.28. The number of benzene rings is 1. The summed E-state index contributed by atoms with van der Waals surface area (Å²) >= 11 is 0. The van der Waals surface area contributed by atoms with Crippen molar-refractivity contribution in [1.29, 1.82) is 0 Å². The van der Waals surface area contributed by atoms with E-state index in [2.05, 4.69) is 5.16 Å². The quantitative estimate of drug-likeness (QED) is 0.329. The van der Waals surface area contributed by atoms with Crippen LogP contribution in [0.1, 0.15) is 67.8 Å². The lowest BCUT2D eigenvalue weighted by atomic mass is 9.84. The topological polar surface area (TPSA) is 65.0 Å². The van der Waals surface area contributed by atoms with E-state index in [1.807, 2.05) is 24.3 Å². The van der Waals surface area contributed by atoms with Crippen LogP contribution in [0.15, 0.2) is 29.4 Å². The van der Waals surface area contributed by atoms with Crippen LogP contribution in [0.3, 0.4) is 0 Å². The van der Waals surface area contributed by atoms with Crippen LogP contribution in [0.2, 0.25) is 0 Å². The van der Waals surface area contributed by atoms with E-state index in [9.17, 15) is 9.59 Å². The third-order valence-electron chi connectivity index (χ3n) is 4.27. The van der Waals surface area contributed by atoms with Crippen molar-refractivity contribution >= 4 is 17.5 Å². The highest BCUT2D eigenvalue weighted by atomic mass is 16.7. The van der Waals surface area contributed by atoms with Crippen molar-refractivity contribution in [3.8, 4) is 0 Å². The van der Waals surface area contributed by atoms with Crippen LogP contribution in [0.25, 0.3) is 0 Å². The van der Waals surface area contributed by atoms with Crippen LogP contribution in [-0.4, -0.2) is 30.7 Å². The van der Waals surface area contributed by atoms with Crippen LogP contribution in [-0.2, 0) is 14.4 Å². The predicted octanol–water partition coefficient (Wildman–Crippen LogP) is 3.87. The molecule has 0 N–H and O–H groups in total. The molecule has 0 radical (unpaired) electrons. The summed E-state index contributed by atoms with van der Waals surface area (Å²) in [7, 11) is 0. The lowest BCUT2D eigenvalue weighted by Crippen LogP contribution is -2.14. The molecule has 130 valence electrons. The zero-order valence-electron chi connectivity index (χ0n) is 14.4. The SMILES string of the molecule is CCOC(=O)CO/N=C(\C)C(=O)c1ccc(C2CCCCC2)cc1. The molecule has 0 unspecified atom stereocenters. The lowest BCUT2D eigenvalue weighted by Gasteiger charge is -2.22. The van der Waals surface area contributed by atoms with Crippen molar-refractivity contribution in [3.05, 3.63) is 35.4 Å². The molecule has 5 heteroatoms. The molecule has 1 aromatic rings. The smallest absolute Gasteiger partial charge is 0.347 e. The fourth-order valence-electron chi connectivity index (χ4n) is 2.98. The van der Waals surface area contributed by atoms with E-state index in [4.69, 9.17) is 9.57 Å². The van der Waals surface area contributed by atoms with Gasteiger partial charge in [0, 0.05) is 5.56 Å². The second kappa shape index (κ2) is 9.21. The minimum absolute atomic E-state index is 0.200. The molecular formula is C19H25NO4. The van der Waals surface area contributed by atoms with E-state index < -0.39 is 5.97 Å². The maximum Gasteiger partial charge on any atom is 0.347 e. The second-order valence-electron chi connectivity index (χ2n) is 6.04. The number of hydrogen-bond acceptors (Lipinski definition) is 5. The van der Waals surface area contributed by atoms with Crippen LogP contribution >= 0.6 is 0 Å². The largest absolute Gasteiger partial charge is 0.463 e. The molecule has 0 heterocycles. The molecule has 24 heavy (non-hydrogen) atoms. The molecule has 1 aromatic carbocycles. The molecule has 0 bridgehead atoms. The van der Waals surface area contributed by atoms with Crippen LogP contribution in [0.5, 0.6) is 0 Å². The Morgan fingerprint density at radius 3 is 2.42 bits per heavy atom. The molecule has 1 aliphatic carbocycles. The third-order valence-corrected chi connectivity index (χ3v) is 4.27. The third kappa shape index (κ3) is 5.18. The Morgan fingerprint density at radius 1 is 1.12 bits per heavy atom. The first-order chi connectivity index (χ1) is 11.6. The molecule has 1 saturated carbocycles. The van der Waals surface area contributed by atoms with Crippen molar-refractivity contribution in [2.45, 2.75) is 51.9 Å². The summed E-state index contributed by atoms with van der Waals surface area (Å²) < 4.78 is 4.72. The molecule has 0 aromatic heterocycles. The van der Waals surface area contributed by atoms with E-state index in [1.54, 1.807) is 13.8 Å². The van der Waals surface area contributed by atoms with Gasteiger partial charge in [0.15, 0.2) is 0 Å². The first kappa shape index (κ1) is 18.2. The normalized spacial score (nSPS) is 15.8. The van der Waals surface area contributed by atoms with E-state index in [1.165, 1.54) is 37.7 Å². The van der Waals surface area contributed by atoms with Gasteiger partial charge in [0.05, 0.1) is 6.61 Å². The van der Waals surface area contributed by atoms with E-state index >= 15 is 0 Å². The number of carbonyl (C=O) groups is 2. The van der Waals surface area contributed by atoms with Crippen molar-refractivity contribution in [2.75, 3.05) is 13.2 Å². The first-order valence-corrected chi connectivity index (χ1v) is 8.58. The van der Waals surface area contributed by atoms with Crippen LogP contribution in [0, 0.1) is 0 Å². The minimum Gasteiger partial charge on any atom is -0.463 e. The highest BCUT2D eigenvalue weighted by Gasteiger charge is 2.16. The molecule has 0 amide bonds. The number of rotatable bonds is 7. The number of esters is 1. The molecule has 0 spiro atoms. The molecule has 0 atom stereocenters. The summed E-state index contributed by atoms with van der Waals surface area (Å²) in [5.41, 5.74) is 2.10. The zero-order valence-corrected chi connectivity index (χ0v) is 14.4. The maximum absolute atomic E-state index is 12.3. The first-order valence-electron chi connectivity index (χ1n) is 8.58. The second-order valence-corrected chi connectivity index (χ2v) is 6.04. The zero-order chi connectivity index (χ0) is 17.4. The van der Waals surface area contributed by atoms with Gasteiger partial charge < -0.3 is 9.57 Å². The lowest BCUT2D eigenvalue weighted by molar-refractivity contribution is -0.148. The molecule has 0 saturated heterocycles. The van der Waals surface area contributed by atoms with Gasteiger partial charge in [0.1, 0.15) is 5.71 Å². The number of ether oxygens (including phenoxy) is 1. The number of hydrogen-bond donors (Lipinski definition) is 0. The van der Waals surface area contributed by atoms with E-state index in [0.717, 1.165) is 0 Å². The van der Waals surface area contributed by atoms with Crippen LogP contribution < -0.4 is 0 Å². The number of Topliss-reactive ketones (excluding diaryl/α,β-unsaturated/α-hetero) is 1. The van der Waals surface area contributed by atoms with E-state index in [-0.39, 0.29) is 24.7 Å². The van der Waals surface area contributed by atoms with Gasteiger partial charge in [-0.05, 0) is 38.2 Å². The Balaban J connectivity index is 1.92. The van der Waals surface area contributed by atoms with Crippen molar-refractivity contribution in [2.24, 2.45) is 5.16 Å². The Bertz CT molecular complexity index is 586. The van der Waals surface area contributed by atoms with Gasteiger partial charge in [-0.3, -0.25) is 4.79 Å². The van der Waals surface area contributed by atoms with Gasteiger partial charge in [-0.25, -0.2) is 4.79 Å². The molecule has 0 aliphatic heterocycles. The van der Waals surface area contributed by atoms with Gasteiger partial charge in [-0.2, -0.15) is 0 Å². The number of nitrogens with zero attached hydrogens (tertiary/aromatic N) is 1. The molecule has 1 aliphatic rings. The standard InChI is InChI=1S/C19H25NO4/c1-3-23-18(21)13-24-20-14(2)19(22)17-11-9-16(10-12-17)15-7-5-4-6-8-15/h9-12,15H,3-8,13H2,1-2H3/b20-14+. The number of ketones is 1. The van der Waals surface area contributed by atoms with Gasteiger partial charge in [0.25, 0.3) is 0 Å². The van der Waals surface area contributed by atoms with Gasteiger partial charge in [0.2, 0.25) is 12.4 Å². The number of oxime groups is 1. The van der Waals surface area contributed by atoms with Gasteiger partial charge >= 0.3 is 5.97 Å². The average Bonchev–Trinajstić information content (AvgIpc) is 2.62. The highest BCUT2D eigenvalue weighted by molar-refractivity contribution is 6.45. The average molecular weight is 331 g/mol. The summed E-state index contributed by atoms with van der Waals surface area (Å²) in [6, 6.07) is 7.76. The highest BCUT2D eigenvalue weighted by Crippen LogP contribution is 2.32. The molecule has 5 nitrogen and oxygen atoms in total. The Morgan fingerprint density at radius 2 is 1.79 bits per heavy atom. The summed E-state index contributed by atoms with van der Waals surface area (Å²) in [5, 5.41) is 3.70. The predicted molar refractivity (Wildman–Crippen MR) is 92.3 cm³/mol. The Kier molecular flexibility index (Phi) is 6.97.